The molecule has 2 rings (SSSR count). The number of nitrogens with zero attached hydrogens (tertiary/aromatic N) is 2. The number of aliphatic hydroxyl groups is 1. The first kappa shape index (κ1) is 25.8. The third kappa shape index (κ3) is 10.4. The summed E-state index contributed by atoms with van der Waals surface area (Å²) in [4.78, 5) is 6.14. The number of aliphatic imine (C=N–C) groups is 1. The van der Waals surface area contributed by atoms with E-state index in [0.717, 1.165) is 12.8 Å². The van der Waals surface area contributed by atoms with E-state index in [1.165, 1.54) is 24.3 Å². The van der Waals surface area contributed by atoms with Crippen LogP contribution in [0.1, 0.15) is 19.8 Å². The molecule has 29 heavy (non-hydrogen) atoms. The number of ether oxygens (including phenoxy) is 1. The van der Waals surface area contributed by atoms with Crippen LogP contribution in [0.2, 0.25) is 0 Å². The largest absolute Gasteiger partial charge is 0.491 e. The summed E-state index contributed by atoms with van der Waals surface area (Å²) in [6.45, 7) is 3.85. The van der Waals surface area contributed by atoms with Gasteiger partial charge in [0, 0.05) is 25.7 Å². The fourth-order valence-electron chi connectivity index (χ4n) is 2.94. The summed E-state index contributed by atoms with van der Waals surface area (Å²) in [5, 5.41) is 16.5. The molecular formula is C19H30F3IN4O2. The zero-order chi connectivity index (χ0) is 20.4. The van der Waals surface area contributed by atoms with Gasteiger partial charge in [0.05, 0.1) is 13.1 Å². The van der Waals surface area contributed by atoms with Crippen LogP contribution in [-0.2, 0) is 0 Å². The molecule has 0 aliphatic carbocycles. The SMILES string of the molecule is CCNC(=NCC(O)COc1ccc(F)cc1)NC1CCN(CC(F)F)CC1.I. The van der Waals surface area contributed by atoms with Gasteiger partial charge in [-0.15, -0.1) is 24.0 Å². The van der Waals surface area contributed by atoms with Crippen molar-refractivity contribution in [1.29, 1.82) is 0 Å². The van der Waals surface area contributed by atoms with Gasteiger partial charge in [0.25, 0.3) is 6.43 Å². The van der Waals surface area contributed by atoms with Crippen molar-refractivity contribution < 1.29 is 23.0 Å². The molecule has 1 atom stereocenters. The Bertz CT molecular complexity index is 600. The Morgan fingerprint density at radius 3 is 2.52 bits per heavy atom. The van der Waals surface area contributed by atoms with E-state index < -0.39 is 12.5 Å². The third-order valence-electron chi connectivity index (χ3n) is 4.39. The van der Waals surface area contributed by atoms with Gasteiger partial charge < -0.3 is 20.5 Å². The maximum atomic E-state index is 12.9. The molecule has 0 spiro atoms. The van der Waals surface area contributed by atoms with Crippen LogP contribution in [0.15, 0.2) is 29.3 Å². The van der Waals surface area contributed by atoms with Crippen LogP contribution in [0.3, 0.4) is 0 Å². The highest BCUT2D eigenvalue weighted by molar-refractivity contribution is 14.0. The maximum absolute atomic E-state index is 12.9. The van der Waals surface area contributed by atoms with Crippen LogP contribution < -0.4 is 15.4 Å². The van der Waals surface area contributed by atoms with Gasteiger partial charge in [-0.05, 0) is 44.0 Å². The minimum atomic E-state index is -2.30. The molecule has 1 fully saturated rings. The molecule has 0 saturated carbocycles. The predicted molar refractivity (Wildman–Crippen MR) is 118 cm³/mol. The van der Waals surface area contributed by atoms with E-state index in [2.05, 4.69) is 15.6 Å². The highest BCUT2D eigenvalue weighted by atomic mass is 127. The molecule has 1 aliphatic rings. The first-order chi connectivity index (χ1) is 13.5. The average Bonchev–Trinajstić information content (AvgIpc) is 2.67. The quantitative estimate of drug-likeness (QED) is 0.260. The second-order valence-corrected chi connectivity index (χ2v) is 6.75. The van der Waals surface area contributed by atoms with Gasteiger partial charge in [-0.1, -0.05) is 0 Å². The molecule has 1 unspecified atom stereocenters. The highest BCUT2D eigenvalue weighted by Gasteiger charge is 2.22. The Kier molecular flexibility index (Phi) is 12.3. The van der Waals surface area contributed by atoms with Crippen LogP contribution in [-0.4, -0.2) is 73.9 Å². The number of benzene rings is 1. The van der Waals surface area contributed by atoms with Crippen molar-refractivity contribution in [2.24, 2.45) is 4.99 Å². The monoisotopic (exact) mass is 530 g/mol. The average molecular weight is 530 g/mol. The van der Waals surface area contributed by atoms with Crippen molar-refractivity contribution in [3.8, 4) is 5.75 Å². The third-order valence-corrected chi connectivity index (χ3v) is 4.39. The highest BCUT2D eigenvalue weighted by Crippen LogP contribution is 2.12. The summed E-state index contributed by atoms with van der Waals surface area (Å²) in [6, 6.07) is 5.73. The first-order valence-electron chi connectivity index (χ1n) is 9.58. The number of hydrogen-bond donors (Lipinski definition) is 3. The van der Waals surface area contributed by atoms with Crippen LogP contribution in [0.5, 0.6) is 5.75 Å². The fraction of sp³-hybridized carbons (Fsp3) is 0.632. The smallest absolute Gasteiger partial charge is 0.251 e. The number of rotatable bonds is 9. The van der Waals surface area contributed by atoms with Crippen molar-refractivity contribution in [3.05, 3.63) is 30.1 Å². The molecule has 1 aromatic rings. The van der Waals surface area contributed by atoms with Crippen molar-refractivity contribution in [1.82, 2.24) is 15.5 Å². The van der Waals surface area contributed by atoms with E-state index in [0.29, 0.717) is 31.3 Å². The Hall–Kier alpha value is -1.27. The number of aliphatic hydroxyl groups excluding tert-OH is 1. The first-order valence-corrected chi connectivity index (χ1v) is 9.58. The topological polar surface area (TPSA) is 69.1 Å². The summed E-state index contributed by atoms with van der Waals surface area (Å²) in [6.07, 6.45) is -1.60. The second-order valence-electron chi connectivity index (χ2n) is 6.75. The molecule has 6 nitrogen and oxygen atoms in total. The molecule has 0 aromatic heterocycles. The summed E-state index contributed by atoms with van der Waals surface area (Å²) >= 11 is 0. The zero-order valence-electron chi connectivity index (χ0n) is 16.5. The van der Waals surface area contributed by atoms with Crippen molar-refractivity contribution in [2.45, 2.75) is 38.3 Å². The minimum absolute atomic E-state index is 0. The maximum Gasteiger partial charge on any atom is 0.251 e. The lowest BCUT2D eigenvalue weighted by Gasteiger charge is -2.32. The zero-order valence-corrected chi connectivity index (χ0v) is 18.8. The molecule has 1 aliphatic heterocycles. The Balaban J connectivity index is 0.00000420. The second kappa shape index (κ2) is 13.9. The van der Waals surface area contributed by atoms with E-state index in [9.17, 15) is 18.3 Å². The van der Waals surface area contributed by atoms with Crippen molar-refractivity contribution in [3.63, 3.8) is 0 Å². The van der Waals surface area contributed by atoms with E-state index in [-0.39, 0.29) is 55.5 Å². The number of halogens is 4. The van der Waals surface area contributed by atoms with E-state index in [1.54, 1.807) is 4.90 Å². The van der Waals surface area contributed by atoms with E-state index in [1.807, 2.05) is 6.92 Å². The molecule has 10 heteroatoms. The van der Waals surface area contributed by atoms with Gasteiger partial charge >= 0.3 is 0 Å². The molecular weight excluding hydrogens is 500 g/mol. The fourth-order valence-corrected chi connectivity index (χ4v) is 2.94. The Labute approximate surface area is 186 Å². The molecule has 1 saturated heterocycles. The molecule has 0 bridgehead atoms. The van der Waals surface area contributed by atoms with Crippen LogP contribution >= 0.6 is 24.0 Å². The number of nitrogens with one attached hydrogen (secondary N) is 2. The summed E-state index contributed by atoms with van der Waals surface area (Å²) in [5.74, 6) is 0.708. The van der Waals surface area contributed by atoms with Gasteiger partial charge in [-0.25, -0.2) is 13.2 Å². The Morgan fingerprint density at radius 1 is 1.28 bits per heavy atom. The van der Waals surface area contributed by atoms with Gasteiger partial charge in [0.15, 0.2) is 5.96 Å². The predicted octanol–water partition coefficient (Wildman–Crippen LogP) is 2.47. The summed E-state index contributed by atoms with van der Waals surface area (Å²) in [5.41, 5.74) is 0. The Morgan fingerprint density at radius 2 is 1.93 bits per heavy atom. The van der Waals surface area contributed by atoms with E-state index >= 15 is 0 Å². The molecule has 0 radical (unpaired) electrons. The molecule has 1 aromatic carbocycles. The normalized spacial score (nSPS) is 17.0. The van der Waals surface area contributed by atoms with Gasteiger partial charge in [0.2, 0.25) is 0 Å². The number of likely N-dealkylation sites (tertiary alicyclic amines) is 1. The van der Waals surface area contributed by atoms with Gasteiger partial charge in [-0.2, -0.15) is 0 Å². The molecule has 0 amide bonds. The van der Waals surface area contributed by atoms with Crippen LogP contribution in [0.4, 0.5) is 13.2 Å². The number of piperidine rings is 1. The number of guanidine groups is 1. The summed E-state index contributed by atoms with van der Waals surface area (Å²) < 4.78 is 43.2. The lowest BCUT2D eigenvalue weighted by molar-refractivity contribution is 0.0744. The lowest BCUT2D eigenvalue weighted by atomic mass is 10.1. The van der Waals surface area contributed by atoms with Crippen molar-refractivity contribution in [2.75, 3.05) is 39.3 Å². The van der Waals surface area contributed by atoms with Gasteiger partial charge in [0.1, 0.15) is 24.3 Å². The lowest BCUT2D eigenvalue weighted by Crippen LogP contribution is -2.49. The van der Waals surface area contributed by atoms with Crippen LogP contribution in [0.25, 0.3) is 0 Å². The van der Waals surface area contributed by atoms with Crippen LogP contribution in [0, 0.1) is 5.82 Å². The minimum Gasteiger partial charge on any atom is -0.491 e. The molecule has 1 heterocycles. The van der Waals surface area contributed by atoms with Gasteiger partial charge in [-0.3, -0.25) is 9.89 Å². The molecule has 3 N–H and O–H groups in total. The summed E-state index contributed by atoms with van der Waals surface area (Å²) in [7, 11) is 0. The molecule has 166 valence electrons. The number of hydrogen-bond acceptors (Lipinski definition) is 4. The van der Waals surface area contributed by atoms with Crippen molar-refractivity contribution >= 4 is 29.9 Å². The number of alkyl halides is 2. The standard InChI is InChI=1S/C19H29F3N4O2.HI/c1-2-23-19(25-15-7-9-26(10-8-15)12-18(21)22)24-11-16(27)13-28-17-5-3-14(20)4-6-17;/h3-6,15-16,18,27H,2,7-13H2,1H3,(H2,23,24,25);1H. The van der Waals surface area contributed by atoms with E-state index in [4.69, 9.17) is 4.74 Å².